The van der Waals surface area contributed by atoms with Gasteiger partial charge in [0.1, 0.15) is 15.8 Å². The van der Waals surface area contributed by atoms with Crippen molar-refractivity contribution >= 4 is 5.91 Å². The minimum absolute atomic E-state index is 0.244. The SMILES string of the molecule is CC1C=C(C2=CC(=O)N=N2)C=CC1([N+](=O)[O-])[N+](=O)[O-]. The van der Waals surface area contributed by atoms with Gasteiger partial charge >= 0.3 is 5.66 Å². The van der Waals surface area contributed by atoms with Gasteiger partial charge in [-0.1, -0.05) is 6.08 Å². The van der Waals surface area contributed by atoms with Crippen LogP contribution < -0.4 is 0 Å². The molecule has 0 spiro atoms. The fraction of sp³-hybridized carbons (Fsp3) is 0.300. The van der Waals surface area contributed by atoms with E-state index >= 15 is 0 Å². The van der Waals surface area contributed by atoms with Crippen molar-refractivity contribution in [3.05, 3.63) is 55.8 Å². The second kappa shape index (κ2) is 4.19. The average Bonchev–Trinajstić information content (AvgIpc) is 2.75. The van der Waals surface area contributed by atoms with Crippen molar-refractivity contribution in [3.63, 3.8) is 0 Å². The number of nitrogens with zero attached hydrogens (tertiary/aromatic N) is 4. The molecule has 1 atom stereocenters. The molecule has 9 nitrogen and oxygen atoms in total. The molecule has 2 rings (SSSR count). The van der Waals surface area contributed by atoms with Gasteiger partial charge in [-0.3, -0.25) is 25.0 Å². The molecule has 0 saturated heterocycles. The fourth-order valence-corrected chi connectivity index (χ4v) is 1.92. The van der Waals surface area contributed by atoms with Gasteiger partial charge in [0.2, 0.25) is 0 Å². The first-order valence-corrected chi connectivity index (χ1v) is 5.25. The molecule has 1 aliphatic heterocycles. The number of hydrogen-bond donors (Lipinski definition) is 0. The molecule has 19 heavy (non-hydrogen) atoms. The van der Waals surface area contributed by atoms with Crippen molar-refractivity contribution in [2.45, 2.75) is 12.6 Å². The summed E-state index contributed by atoms with van der Waals surface area (Å²) < 4.78 is 0. The van der Waals surface area contributed by atoms with E-state index in [2.05, 4.69) is 10.2 Å². The Bertz CT molecular complexity index is 587. The highest BCUT2D eigenvalue weighted by molar-refractivity contribution is 5.91. The highest BCUT2D eigenvalue weighted by atomic mass is 16.7. The summed E-state index contributed by atoms with van der Waals surface area (Å²) in [4.78, 5) is 31.0. The molecule has 0 aromatic rings. The third kappa shape index (κ3) is 1.84. The van der Waals surface area contributed by atoms with Gasteiger partial charge in [-0.15, -0.1) is 10.2 Å². The zero-order valence-corrected chi connectivity index (χ0v) is 9.72. The van der Waals surface area contributed by atoms with E-state index in [-0.39, 0.29) is 5.70 Å². The molecular weight excluding hydrogens is 256 g/mol. The number of nitro groups is 2. The fourth-order valence-electron chi connectivity index (χ4n) is 1.92. The second-order valence-electron chi connectivity index (χ2n) is 4.11. The number of allylic oxidation sites excluding steroid dienone is 1. The zero-order valence-electron chi connectivity index (χ0n) is 9.72. The lowest BCUT2D eigenvalue weighted by Gasteiger charge is -2.21. The van der Waals surface area contributed by atoms with E-state index in [4.69, 9.17) is 0 Å². The summed E-state index contributed by atoms with van der Waals surface area (Å²) in [5.74, 6) is -1.51. The van der Waals surface area contributed by atoms with Gasteiger partial charge in [-0.25, -0.2) is 0 Å². The Kier molecular flexibility index (Phi) is 2.81. The molecule has 0 saturated carbocycles. The molecular formula is C10H8N4O5. The Balaban J connectivity index is 2.40. The number of hydrogen-bond acceptors (Lipinski definition) is 6. The molecule has 1 heterocycles. The van der Waals surface area contributed by atoms with Crippen molar-refractivity contribution in [2.24, 2.45) is 16.1 Å². The second-order valence-corrected chi connectivity index (χ2v) is 4.11. The molecule has 9 heteroatoms. The molecule has 1 unspecified atom stereocenters. The first kappa shape index (κ1) is 12.7. The lowest BCUT2D eigenvalue weighted by atomic mass is 9.87. The maximum absolute atomic E-state index is 11.0. The Morgan fingerprint density at radius 2 is 1.89 bits per heavy atom. The van der Waals surface area contributed by atoms with Crippen LogP contribution in [0.4, 0.5) is 0 Å². The van der Waals surface area contributed by atoms with Crippen molar-refractivity contribution in [1.82, 2.24) is 0 Å². The Hall–Kier alpha value is -2.71. The smallest absolute Gasteiger partial charge is 0.266 e. The number of azo groups is 1. The van der Waals surface area contributed by atoms with Gasteiger partial charge in [0.05, 0.1) is 11.8 Å². The van der Waals surface area contributed by atoms with Gasteiger partial charge in [0.15, 0.2) is 0 Å². The summed E-state index contributed by atoms with van der Waals surface area (Å²) in [7, 11) is 0. The van der Waals surface area contributed by atoms with Crippen LogP contribution in [0.2, 0.25) is 0 Å². The van der Waals surface area contributed by atoms with Crippen LogP contribution in [-0.2, 0) is 4.79 Å². The molecule has 2 aliphatic rings. The van der Waals surface area contributed by atoms with E-state index in [0.29, 0.717) is 5.57 Å². The highest BCUT2D eigenvalue weighted by Gasteiger charge is 2.59. The van der Waals surface area contributed by atoms with Crippen LogP contribution in [0.1, 0.15) is 6.92 Å². The molecule has 98 valence electrons. The molecule has 1 amide bonds. The van der Waals surface area contributed by atoms with Crippen LogP contribution >= 0.6 is 0 Å². The van der Waals surface area contributed by atoms with Gasteiger partial charge in [0, 0.05) is 6.08 Å². The number of amides is 1. The quantitative estimate of drug-likeness (QED) is 0.430. The molecule has 0 bridgehead atoms. The number of carbonyl (C=O) groups is 1. The highest BCUT2D eigenvalue weighted by Crippen LogP contribution is 2.33. The first-order valence-electron chi connectivity index (χ1n) is 5.25. The Morgan fingerprint density at radius 1 is 1.26 bits per heavy atom. The van der Waals surface area contributed by atoms with E-state index in [1.165, 1.54) is 19.1 Å². The average molecular weight is 264 g/mol. The van der Waals surface area contributed by atoms with Crippen molar-refractivity contribution < 1.29 is 14.6 Å². The summed E-state index contributed by atoms with van der Waals surface area (Å²) in [6.45, 7) is 1.36. The predicted molar refractivity (Wildman–Crippen MR) is 61.1 cm³/mol. The lowest BCUT2D eigenvalue weighted by Crippen LogP contribution is -2.50. The Morgan fingerprint density at radius 3 is 2.32 bits per heavy atom. The van der Waals surface area contributed by atoms with Crippen molar-refractivity contribution in [3.8, 4) is 0 Å². The monoisotopic (exact) mass is 264 g/mol. The molecule has 0 aromatic carbocycles. The van der Waals surface area contributed by atoms with E-state index in [1.807, 2.05) is 0 Å². The van der Waals surface area contributed by atoms with Crippen molar-refractivity contribution in [1.29, 1.82) is 0 Å². The Labute approximate surface area is 106 Å². The van der Waals surface area contributed by atoms with Gasteiger partial charge in [-0.05, 0) is 18.6 Å². The first-order chi connectivity index (χ1) is 8.87. The summed E-state index contributed by atoms with van der Waals surface area (Å²) in [6, 6.07) is 0. The van der Waals surface area contributed by atoms with Gasteiger partial charge in [0.25, 0.3) is 5.91 Å². The van der Waals surface area contributed by atoms with Crippen LogP contribution in [0, 0.1) is 26.1 Å². The van der Waals surface area contributed by atoms with Crippen LogP contribution in [0.25, 0.3) is 0 Å². The van der Waals surface area contributed by atoms with E-state index in [9.17, 15) is 25.0 Å². The minimum Gasteiger partial charge on any atom is -0.266 e. The summed E-state index contributed by atoms with van der Waals surface area (Å²) in [5, 5.41) is 28.8. The maximum atomic E-state index is 11.0. The van der Waals surface area contributed by atoms with E-state index in [0.717, 1.165) is 12.2 Å². The molecule has 0 fully saturated rings. The summed E-state index contributed by atoms with van der Waals surface area (Å²) in [6.07, 6.45) is 4.63. The van der Waals surface area contributed by atoms with Gasteiger partial charge in [-0.2, -0.15) is 0 Å². The predicted octanol–water partition coefficient (Wildman–Crippen LogP) is 1.24. The standard InChI is InChI=1S/C10H8N4O5/c1-6-4-7(8-5-9(15)12-11-8)2-3-10(6,13(16)17)14(18)19/h2-6H,1H3. The van der Waals surface area contributed by atoms with Crippen LogP contribution in [0.15, 0.2) is 45.8 Å². The van der Waals surface area contributed by atoms with Crippen LogP contribution in [0.5, 0.6) is 0 Å². The number of rotatable bonds is 3. The zero-order chi connectivity index (χ0) is 14.2. The molecule has 0 aromatic heterocycles. The van der Waals surface area contributed by atoms with E-state index in [1.54, 1.807) is 0 Å². The molecule has 1 aliphatic carbocycles. The van der Waals surface area contributed by atoms with Crippen LogP contribution in [-0.4, -0.2) is 21.4 Å². The minimum atomic E-state index is -2.39. The number of carbonyl (C=O) groups excluding carboxylic acids is 1. The largest absolute Gasteiger partial charge is 0.483 e. The third-order valence-electron chi connectivity index (χ3n) is 3.01. The molecule has 0 radical (unpaired) electrons. The molecule has 0 N–H and O–H groups in total. The lowest BCUT2D eigenvalue weighted by molar-refractivity contribution is -0.788. The topological polar surface area (TPSA) is 128 Å². The van der Waals surface area contributed by atoms with Crippen LogP contribution in [0.3, 0.4) is 0 Å². The normalized spacial score (nSPS) is 24.1. The van der Waals surface area contributed by atoms with Crippen molar-refractivity contribution in [2.75, 3.05) is 0 Å². The van der Waals surface area contributed by atoms with Gasteiger partial charge < -0.3 is 0 Å². The van der Waals surface area contributed by atoms with E-state index < -0.39 is 27.3 Å². The third-order valence-corrected chi connectivity index (χ3v) is 3.01. The summed E-state index contributed by atoms with van der Waals surface area (Å²) >= 11 is 0. The maximum Gasteiger partial charge on any atom is 0.483 e. The summed E-state index contributed by atoms with van der Waals surface area (Å²) in [5.41, 5.74) is -1.74.